The van der Waals surface area contributed by atoms with E-state index in [9.17, 15) is 0 Å². The smallest absolute Gasteiger partial charge is 0.164 e. The quantitative estimate of drug-likeness (QED) is 0.157. The third-order valence-electron chi connectivity index (χ3n) is 10.1. The molecule has 0 aliphatic heterocycles. The second-order valence-electron chi connectivity index (χ2n) is 13.7. The van der Waals surface area contributed by atoms with Gasteiger partial charge in [-0.1, -0.05) is 152 Å². The highest BCUT2D eigenvalue weighted by Crippen LogP contribution is 2.40. The summed E-state index contributed by atoms with van der Waals surface area (Å²) in [5.41, 5.74) is 12.1. The van der Waals surface area contributed by atoms with Crippen LogP contribution in [0, 0.1) is 0 Å². The zero-order valence-corrected chi connectivity index (χ0v) is 30.3. The van der Waals surface area contributed by atoms with Crippen molar-refractivity contribution in [3.8, 4) is 56.4 Å². The van der Waals surface area contributed by atoms with Gasteiger partial charge < -0.3 is 9.32 Å². The molecule has 10 rings (SSSR count). The van der Waals surface area contributed by atoms with Gasteiger partial charge in [0, 0.05) is 50.6 Å². The predicted octanol–water partition coefficient (Wildman–Crippen LogP) is 13.6. The topological polar surface area (TPSA) is 55.1 Å². The Balaban J connectivity index is 1.07. The molecule has 0 N–H and O–H groups in total. The first-order valence-electron chi connectivity index (χ1n) is 18.7. The Morgan fingerprint density at radius 1 is 0.286 bits per heavy atom. The van der Waals surface area contributed by atoms with Crippen LogP contribution in [0.3, 0.4) is 0 Å². The minimum absolute atomic E-state index is 0.620. The molecule has 0 atom stereocenters. The zero-order valence-electron chi connectivity index (χ0n) is 30.3. The Labute approximate surface area is 324 Å². The molecule has 10 aromatic rings. The highest BCUT2D eigenvalue weighted by molar-refractivity contribution is 6.06. The molecule has 0 spiro atoms. The molecule has 0 unspecified atom stereocenters. The Hall–Kier alpha value is -7.63. The van der Waals surface area contributed by atoms with Crippen LogP contribution in [-0.4, -0.2) is 15.0 Å². The van der Waals surface area contributed by atoms with E-state index in [0.717, 1.165) is 72.4 Å². The molecule has 5 nitrogen and oxygen atoms in total. The van der Waals surface area contributed by atoms with Crippen molar-refractivity contribution in [2.75, 3.05) is 4.90 Å². The fraction of sp³-hybridized carbons (Fsp3) is 0. The van der Waals surface area contributed by atoms with Gasteiger partial charge in [-0.2, -0.15) is 0 Å². The van der Waals surface area contributed by atoms with Crippen molar-refractivity contribution in [1.82, 2.24) is 15.0 Å². The summed E-state index contributed by atoms with van der Waals surface area (Å²) in [5, 5.41) is 2.21. The van der Waals surface area contributed by atoms with E-state index in [-0.39, 0.29) is 0 Å². The van der Waals surface area contributed by atoms with Gasteiger partial charge in [-0.3, -0.25) is 0 Å². The molecule has 0 fully saturated rings. The molecule has 0 amide bonds. The Morgan fingerprint density at radius 3 is 1.43 bits per heavy atom. The molecular weight excluding hydrogens is 685 g/mol. The fourth-order valence-electron chi connectivity index (χ4n) is 7.33. The summed E-state index contributed by atoms with van der Waals surface area (Å²) in [6.45, 7) is 0. The molecule has 5 heteroatoms. The lowest BCUT2D eigenvalue weighted by molar-refractivity contribution is 0.669. The molecular formula is C51H34N4O. The number of aromatic nitrogens is 3. The highest BCUT2D eigenvalue weighted by atomic mass is 16.3. The maximum Gasteiger partial charge on any atom is 0.164 e. The molecule has 0 saturated heterocycles. The van der Waals surface area contributed by atoms with Crippen molar-refractivity contribution in [3.63, 3.8) is 0 Å². The summed E-state index contributed by atoms with van der Waals surface area (Å²) >= 11 is 0. The van der Waals surface area contributed by atoms with Gasteiger partial charge in [0.25, 0.3) is 0 Å². The average Bonchev–Trinajstić information content (AvgIpc) is 3.66. The van der Waals surface area contributed by atoms with E-state index in [1.54, 1.807) is 0 Å². The third kappa shape index (κ3) is 6.37. The lowest BCUT2D eigenvalue weighted by Gasteiger charge is -2.26. The van der Waals surface area contributed by atoms with Crippen molar-refractivity contribution >= 4 is 39.0 Å². The summed E-state index contributed by atoms with van der Waals surface area (Å²) in [7, 11) is 0. The second-order valence-corrected chi connectivity index (χ2v) is 13.7. The first-order valence-corrected chi connectivity index (χ1v) is 18.7. The van der Waals surface area contributed by atoms with E-state index in [4.69, 9.17) is 19.4 Å². The van der Waals surface area contributed by atoms with E-state index in [1.807, 2.05) is 78.9 Å². The van der Waals surface area contributed by atoms with Gasteiger partial charge in [-0.05, 0) is 70.8 Å². The Bertz CT molecular complexity index is 2900. The molecule has 264 valence electrons. The van der Waals surface area contributed by atoms with Crippen LogP contribution in [0.1, 0.15) is 0 Å². The first kappa shape index (κ1) is 33.0. The lowest BCUT2D eigenvalue weighted by Crippen LogP contribution is -2.10. The number of rotatable bonds is 8. The number of nitrogens with zero attached hydrogens (tertiary/aromatic N) is 4. The molecule has 2 heterocycles. The van der Waals surface area contributed by atoms with E-state index in [1.165, 1.54) is 5.56 Å². The average molecular weight is 719 g/mol. The maximum absolute atomic E-state index is 6.37. The molecule has 0 aliphatic carbocycles. The van der Waals surface area contributed by atoms with E-state index in [2.05, 4.69) is 132 Å². The number of anilines is 3. The molecule has 0 radical (unpaired) electrons. The molecule has 0 saturated carbocycles. The summed E-state index contributed by atoms with van der Waals surface area (Å²) in [5.74, 6) is 1.89. The van der Waals surface area contributed by atoms with Crippen molar-refractivity contribution in [3.05, 3.63) is 206 Å². The van der Waals surface area contributed by atoms with Gasteiger partial charge in [0.1, 0.15) is 11.2 Å². The summed E-state index contributed by atoms with van der Waals surface area (Å²) in [4.78, 5) is 17.2. The van der Waals surface area contributed by atoms with Crippen molar-refractivity contribution in [2.24, 2.45) is 0 Å². The number of benzene rings is 8. The minimum atomic E-state index is 0.620. The normalized spacial score (nSPS) is 11.2. The third-order valence-corrected chi connectivity index (χ3v) is 10.1. The zero-order chi connectivity index (χ0) is 37.3. The van der Waals surface area contributed by atoms with Crippen LogP contribution < -0.4 is 4.90 Å². The number of hydrogen-bond donors (Lipinski definition) is 0. The van der Waals surface area contributed by atoms with E-state index < -0.39 is 0 Å². The van der Waals surface area contributed by atoms with Gasteiger partial charge in [-0.25, -0.2) is 15.0 Å². The van der Waals surface area contributed by atoms with Crippen LogP contribution >= 0.6 is 0 Å². The molecule has 0 aliphatic rings. The van der Waals surface area contributed by atoms with Crippen LogP contribution in [0.15, 0.2) is 211 Å². The van der Waals surface area contributed by atoms with Crippen molar-refractivity contribution in [1.29, 1.82) is 0 Å². The first-order chi connectivity index (χ1) is 27.7. The van der Waals surface area contributed by atoms with Crippen LogP contribution in [0.5, 0.6) is 0 Å². The van der Waals surface area contributed by atoms with Crippen LogP contribution in [0.25, 0.3) is 78.4 Å². The number of hydrogen-bond acceptors (Lipinski definition) is 5. The molecule has 0 bridgehead atoms. The van der Waals surface area contributed by atoms with E-state index >= 15 is 0 Å². The fourth-order valence-corrected chi connectivity index (χ4v) is 7.33. The van der Waals surface area contributed by atoms with Crippen molar-refractivity contribution in [2.45, 2.75) is 0 Å². The number of furan rings is 1. The summed E-state index contributed by atoms with van der Waals surface area (Å²) in [6.07, 6.45) is 0. The number of fused-ring (bicyclic) bond motifs is 3. The van der Waals surface area contributed by atoms with Gasteiger partial charge in [-0.15, -0.1) is 0 Å². The maximum atomic E-state index is 6.37. The molecule has 2 aromatic heterocycles. The van der Waals surface area contributed by atoms with Gasteiger partial charge >= 0.3 is 0 Å². The lowest BCUT2D eigenvalue weighted by atomic mass is 10.0. The Kier molecular flexibility index (Phi) is 8.43. The second kappa shape index (κ2) is 14.3. The summed E-state index contributed by atoms with van der Waals surface area (Å²) in [6, 6.07) is 71.2. The molecule has 8 aromatic carbocycles. The van der Waals surface area contributed by atoms with Gasteiger partial charge in [0.05, 0.1) is 0 Å². The van der Waals surface area contributed by atoms with Crippen LogP contribution in [0.2, 0.25) is 0 Å². The standard InChI is InChI=1S/C51H34N4O/c1-4-14-35(15-5-1)36-26-28-42(29-27-36)55(44-30-31-46-45-24-10-11-25-47(45)56-48(46)34-44)43-23-13-21-40(33-43)39-20-12-22-41(32-39)51-53-49(37-16-6-2-7-17-37)52-50(54-51)38-18-8-3-9-19-38/h1-34H. The van der Waals surface area contributed by atoms with Crippen molar-refractivity contribution < 1.29 is 4.42 Å². The molecule has 56 heavy (non-hydrogen) atoms. The SMILES string of the molecule is c1ccc(-c2ccc(N(c3cccc(-c4cccc(-c5nc(-c6ccccc6)nc(-c6ccccc6)n5)c4)c3)c3ccc4c(c3)oc3ccccc34)cc2)cc1. The monoisotopic (exact) mass is 718 g/mol. The van der Waals surface area contributed by atoms with Crippen LogP contribution in [0.4, 0.5) is 17.1 Å². The minimum Gasteiger partial charge on any atom is -0.456 e. The van der Waals surface area contributed by atoms with Gasteiger partial charge in [0.15, 0.2) is 17.5 Å². The highest BCUT2D eigenvalue weighted by Gasteiger charge is 2.18. The number of para-hydroxylation sites is 1. The Morgan fingerprint density at radius 2 is 0.750 bits per heavy atom. The van der Waals surface area contributed by atoms with E-state index in [0.29, 0.717) is 17.5 Å². The predicted molar refractivity (Wildman–Crippen MR) is 229 cm³/mol. The van der Waals surface area contributed by atoms with Crippen LogP contribution in [-0.2, 0) is 0 Å². The largest absolute Gasteiger partial charge is 0.456 e. The summed E-state index contributed by atoms with van der Waals surface area (Å²) < 4.78 is 6.37. The van der Waals surface area contributed by atoms with Gasteiger partial charge in [0.2, 0.25) is 0 Å².